The van der Waals surface area contributed by atoms with Gasteiger partial charge in [-0.05, 0) is 43.0 Å². The standard InChI is InChI=1S/C28H22F2N8O/c1-3-22(36-26-21(25(31)34-15-35-26)8-7-19-14-32-9-10-33-19)27-37-23-6-4-5-16(2)24(23)28(39)38(27)20-12-17(29)11-18(30)13-20/h4-6,9-15,22H,3H2,1-2H3,(H3,31,34,35,36). The van der Waals surface area contributed by atoms with Crippen molar-refractivity contribution in [3.05, 3.63) is 106 Å². The molecule has 0 spiro atoms. The molecule has 2 aromatic carbocycles. The molecule has 5 rings (SSSR count). The highest BCUT2D eigenvalue weighted by Gasteiger charge is 2.23. The number of nitrogens with zero attached hydrogens (tertiary/aromatic N) is 6. The minimum absolute atomic E-state index is 0.00951. The van der Waals surface area contributed by atoms with Crippen molar-refractivity contribution >= 4 is 22.5 Å². The smallest absolute Gasteiger partial charge is 0.266 e. The summed E-state index contributed by atoms with van der Waals surface area (Å²) >= 11 is 0. The molecule has 0 aliphatic heterocycles. The van der Waals surface area contributed by atoms with Gasteiger partial charge in [0, 0.05) is 18.5 Å². The molecule has 0 bridgehead atoms. The summed E-state index contributed by atoms with van der Waals surface area (Å²) in [6.45, 7) is 3.65. The number of halogens is 2. The number of nitrogens with two attached hydrogens (primary N) is 1. The Balaban J connectivity index is 1.68. The molecular weight excluding hydrogens is 502 g/mol. The third-order valence-electron chi connectivity index (χ3n) is 6.02. The monoisotopic (exact) mass is 524 g/mol. The molecule has 5 aromatic rings. The van der Waals surface area contributed by atoms with Crippen LogP contribution in [0.3, 0.4) is 0 Å². The zero-order valence-electron chi connectivity index (χ0n) is 21.0. The Morgan fingerprint density at radius 2 is 1.87 bits per heavy atom. The van der Waals surface area contributed by atoms with Gasteiger partial charge >= 0.3 is 0 Å². The summed E-state index contributed by atoms with van der Waals surface area (Å²) in [6, 6.07) is 7.58. The maximum absolute atomic E-state index is 14.3. The van der Waals surface area contributed by atoms with Gasteiger partial charge < -0.3 is 11.1 Å². The first kappa shape index (κ1) is 25.4. The van der Waals surface area contributed by atoms with E-state index in [2.05, 4.69) is 37.1 Å². The van der Waals surface area contributed by atoms with Crippen LogP contribution in [0.4, 0.5) is 20.4 Å². The van der Waals surface area contributed by atoms with Gasteiger partial charge in [-0.15, -0.1) is 0 Å². The lowest BCUT2D eigenvalue weighted by Crippen LogP contribution is -2.29. The summed E-state index contributed by atoms with van der Waals surface area (Å²) in [7, 11) is 0. The number of fused-ring (bicyclic) bond motifs is 1. The fourth-order valence-electron chi connectivity index (χ4n) is 4.20. The highest BCUT2D eigenvalue weighted by atomic mass is 19.1. The SMILES string of the molecule is CCC(Nc1ncnc(N)c1C#Cc1cnccn1)c1nc2cccc(C)c2c(=O)n1-c1cc(F)cc(F)c1. The van der Waals surface area contributed by atoms with Crippen molar-refractivity contribution in [3.8, 4) is 17.5 Å². The molecule has 0 radical (unpaired) electrons. The third kappa shape index (κ3) is 5.13. The molecule has 0 aliphatic rings. The zero-order chi connectivity index (χ0) is 27.5. The first-order valence-electron chi connectivity index (χ1n) is 12.0. The molecule has 0 amide bonds. The second-order valence-electron chi connectivity index (χ2n) is 8.64. The average molecular weight is 525 g/mol. The van der Waals surface area contributed by atoms with Crippen LogP contribution in [0.15, 0.2) is 66.1 Å². The summed E-state index contributed by atoms with van der Waals surface area (Å²) in [5.74, 6) is 4.83. The van der Waals surface area contributed by atoms with Crippen molar-refractivity contribution in [2.45, 2.75) is 26.3 Å². The summed E-state index contributed by atoms with van der Waals surface area (Å²) in [5, 5.41) is 3.61. The molecule has 0 fully saturated rings. The van der Waals surface area contributed by atoms with Gasteiger partial charge in [-0.3, -0.25) is 14.3 Å². The fraction of sp³-hybridized carbons (Fsp3) is 0.143. The fourth-order valence-corrected chi connectivity index (χ4v) is 4.20. The molecule has 3 N–H and O–H groups in total. The molecule has 1 atom stereocenters. The molecule has 3 heterocycles. The van der Waals surface area contributed by atoms with E-state index >= 15 is 0 Å². The minimum Gasteiger partial charge on any atom is -0.382 e. The molecule has 0 saturated carbocycles. The van der Waals surface area contributed by atoms with Gasteiger partial charge in [0.15, 0.2) is 0 Å². The predicted molar refractivity (Wildman–Crippen MR) is 143 cm³/mol. The number of nitrogen functional groups attached to an aromatic ring is 1. The molecular formula is C28H22F2N8O. The van der Waals surface area contributed by atoms with Gasteiger partial charge in [-0.1, -0.05) is 25.0 Å². The van der Waals surface area contributed by atoms with Crippen LogP contribution in [-0.2, 0) is 0 Å². The molecule has 39 heavy (non-hydrogen) atoms. The van der Waals surface area contributed by atoms with E-state index in [1.807, 2.05) is 6.92 Å². The number of hydrogen-bond donors (Lipinski definition) is 2. The Morgan fingerprint density at radius 1 is 1.08 bits per heavy atom. The maximum Gasteiger partial charge on any atom is 0.266 e. The first-order chi connectivity index (χ1) is 18.9. The van der Waals surface area contributed by atoms with Crippen molar-refractivity contribution in [2.24, 2.45) is 0 Å². The maximum atomic E-state index is 14.3. The van der Waals surface area contributed by atoms with Crippen LogP contribution in [0.5, 0.6) is 0 Å². The van der Waals surface area contributed by atoms with Crippen molar-refractivity contribution in [2.75, 3.05) is 11.1 Å². The highest BCUT2D eigenvalue weighted by Crippen LogP contribution is 2.27. The lowest BCUT2D eigenvalue weighted by Gasteiger charge is -2.23. The summed E-state index contributed by atoms with van der Waals surface area (Å²) in [5.41, 5.74) is 7.55. The molecule has 0 saturated heterocycles. The van der Waals surface area contributed by atoms with Crippen LogP contribution in [0.1, 0.15) is 42.0 Å². The first-order valence-corrected chi connectivity index (χ1v) is 12.0. The van der Waals surface area contributed by atoms with Crippen LogP contribution in [0.25, 0.3) is 16.6 Å². The van der Waals surface area contributed by atoms with E-state index < -0.39 is 23.2 Å². The summed E-state index contributed by atoms with van der Waals surface area (Å²) < 4.78 is 29.8. The van der Waals surface area contributed by atoms with Crippen LogP contribution in [0, 0.1) is 30.4 Å². The highest BCUT2D eigenvalue weighted by molar-refractivity contribution is 5.81. The third-order valence-corrected chi connectivity index (χ3v) is 6.02. The molecule has 1 unspecified atom stereocenters. The Kier molecular flexibility index (Phi) is 6.93. The van der Waals surface area contributed by atoms with Crippen LogP contribution in [0.2, 0.25) is 0 Å². The van der Waals surface area contributed by atoms with E-state index in [1.54, 1.807) is 25.1 Å². The van der Waals surface area contributed by atoms with Crippen molar-refractivity contribution in [3.63, 3.8) is 0 Å². The number of benzene rings is 2. The van der Waals surface area contributed by atoms with Crippen molar-refractivity contribution in [1.29, 1.82) is 0 Å². The minimum atomic E-state index is -0.820. The van der Waals surface area contributed by atoms with Gasteiger partial charge in [0.05, 0.1) is 28.8 Å². The number of aromatic nitrogens is 6. The van der Waals surface area contributed by atoms with Gasteiger partial charge in [-0.2, -0.15) is 0 Å². The zero-order valence-corrected chi connectivity index (χ0v) is 21.0. The quantitative estimate of drug-likeness (QED) is 0.330. The Bertz CT molecular complexity index is 1790. The van der Waals surface area contributed by atoms with E-state index in [4.69, 9.17) is 10.7 Å². The Hall–Kier alpha value is -5.24. The van der Waals surface area contributed by atoms with E-state index in [9.17, 15) is 13.6 Å². The summed E-state index contributed by atoms with van der Waals surface area (Å²) in [4.78, 5) is 35.1. The second kappa shape index (κ2) is 10.6. The molecule has 0 aliphatic carbocycles. The number of anilines is 2. The molecule has 194 valence electrons. The molecule has 11 heteroatoms. The normalized spacial score (nSPS) is 11.6. The Labute approximate surface area is 221 Å². The van der Waals surface area contributed by atoms with Crippen LogP contribution in [-0.4, -0.2) is 29.5 Å². The van der Waals surface area contributed by atoms with E-state index in [-0.39, 0.29) is 17.3 Å². The molecule has 3 aromatic heterocycles. The average Bonchev–Trinajstić information content (AvgIpc) is 2.91. The van der Waals surface area contributed by atoms with E-state index in [0.29, 0.717) is 40.0 Å². The number of hydrogen-bond acceptors (Lipinski definition) is 8. The lowest BCUT2D eigenvalue weighted by molar-refractivity contribution is 0.578. The number of nitrogens with one attached hydrogen (secondary N) is 1. The largest absolute Gasteiger partial charge is 0.382 e. The Morgan fingerprint density at radius 3 is 2.59 bits per heavy atom. The van der Waals surface area contributed by atoms with Crippen LogP contribution < -0.4 is 16.6 Å². The van der Waals surface area contributed by atoms with Gasteiger partial charge in [-0.25, -0.2) is 28.7 Å². The summed E-state index contributed by atoms with van der Waals surface area (Å²) in [6.07, 6.45) is 6.26. The van der Waals surface area contributed by atoms with Crippen LogP contribution >= 0.6 is 0 Å². The van der Waals surface area contributed by atoms with E-state index in [0.717, 1.165) is 18.2 Å². The van der Waals surface area contributed by atoms with Gasteiger partial charge in [0.2, 0.25) is 0 Å². The van der Waals surface area contributed by atoms with Gasteiger partial charge in [0.25, 0.3) is 5.56 Å². The predicted octanol–water partition coefficient (Wildman–Crippen LogP) is 4.10. The molecule has 9 nitrogen and oxygen atoms in total. The second-order valence-corrected chi connectivity index (χ2v) is 8.64. The van der Waals surface area contributed by atoms with Crippen molar-refractivity contribution < 1.29 is 8.78 Å². The van der Waals surface area contributed by atoms with E-state index in [1.165, 1.54) is 29.5 Å². The number of rotatable bonds is 5. The van der Waals surface area contributed by atoms with Gasteiger partial charge in [0.1, 0.15) is 46.7 Å². The topological polar surface area (TPSA) is 124 Å². The lowest BCUT2D eigenvalue weighted by atomic mass is 10.1. The van der Waals surface area contributed by atoms with Crippen molar-refractivity contribution in [1.82, 2.24) is 29.5 Å². The number of aryl methyl sites for hydroxylation is 1.